The van der Waals surface area contributed by atoms with Crippen LogP contribution in [0.15, 0.2) is 84.5 Å². The topological polar surface area (TPSA) is 95.6 Å². The molecule has 0 N–H and O–H groups in total. The van der Waals surface area contributed by atoms with E-state index in [1.807, 2.05) is 31.4 Å². The monoisotopic (exact) mass is 692 g/mol. The van der Waals surface area contributed by atoms with E-state index in [2.05, 4.69) is 71.0 Å². The van der Waals surface area contributed by atoms with Gasteiger partial charge in [-0.25, -0.2) is 9.67 Å². The van der Waals surface area contributed by atoms with Crippen LogP contribution in [0.5, 0.6) is 5.75 Å². The third-order valence-corrected chi connectivity index (χ3v) is 9.58. The first kappa shape index (κ1) is 31.8. The standard InChI is InChI=1S/C33H34Cl2N8O3S/c1-23-38-39-32(47-2)43(23)27-6-4-25(5-7-27)40-13-15-41(16-14-40)26-8-10-28(11-9-26)44-18-29-19-45-33(46-29,20-42-22-36-21-37-42)30-12-3-24(34)17-31(30)35/h3-12,17,21-22,29H,13-16,18-20H2,1-2H3. The second-order valence-electron chi connectivity index (χ2n) is 11.4. The SMILES string of the molecule is CSc1nnc(C)n1-c1ccc(N2CCN(c3ccc(OCC4COC(Cn5cncn5)(c5ccc(Cl)cc5Cl)O4)cc3)CC2)cc1. The Bertz CT molecular complexity index is 1800. The van der Waals surface area contributed by atoms with Crippen molar-refractivity contribution in [3.05, 3.63) is 101 Å². The first-order valence-electron chi connectivity index (χ1n) is 15.3. The number of benzene rings is 3. The van der Waals surface area contributed by atoms with Crippen LogP contribution in [-0.2, 0) is 21.8 Å². The fraction of sp³-hybridized carbons (Fsp3) is 0.333. The van der Waals surface area contributed by atoms with E-state index in [0.717, 1.165) is 48.6 Å². The molecule has 14 heteroatoms. The maximum absolute atomic E-state index is 6.58. The summed E-state index contributed by atoms with van der Waals surface area (Å²) in [4.78, 5) is 8.88. The highest BCUT2D eigenvalue weighted by atomic mass is 35.5. The van der Waals surface area contributed by atoms with Crippen molar-refractivity contribution < 1.29 is 14.2 Å². The van der Waals surface area contributed by atoms with Gasteiger partial charge in [0.05, 0.1) is 11.6 Å². The lowest BCUT2D eigenvalue weighted by molar-refractivity contribution is -0.190. The van der Waals surface area contributed by atoms with E-state index in [0.29, 0.717) is 28.8 Å². The molecule has 2 unspecified atom stereocenters. The molecule has 3 aromatic carbocycles. The van der Waals surface area contributed by atoms with Gasteiger partial charge in [0, 0.05) is 53.8 Å². The number of ether oxygens (including phenoxy) is 3. The highest BCUT2D eigenvalue weighted by molar-refractivity contribution is 7.98. The first-order valence-corrected chi connectivity index (χ1v) is 17.3. The van der Waals surface area contributed by atoms with Gasteiger partial charge < -0.3 is 24.0 Å². The normalized spacial score (nSPS) is 19.8. The van der Waals surface area contributed by atoms with Crippen LogP contribution in [0.1, 0.15) is 11.4 Å². The molecule has 5 aromatic rings. The molecule has 0 bridgehead atoms. The number of nitrogens with zero attached hydrogens (tertiary/aromatic N) is 8. The van der Waals surface area contributed by atoms with Crippen LogP contribution in [-0.4, -0.2) is 81.3 Å². The van der Waals surface area contributed by atoms with Crippen LogP contribution in [0, 0.1) is 6.92 Å². The van der Waals surface area contributed by atoms with Crippen molar-refractivity contribution >= 4 is 46.3 Å². The molecular formula is C33H34Cl2N8O3S. The van der Waals surface area contributed by atoms with Gasteiger partial charge in [-0.15, -0.1) is 10.2 Å². The molecule has 2 aliphatic rings. The summed E-state index contributed by atoms with van der Waals surface area (Å²) in [7, 11) is 0. The summed E-state index contributed by atoms with van der Waals surface area (Å²) in [6.45, 7) is 6.63. The van der Waals surface area contributed by atoms with Gasteiger partial charge in [0.15, 0.2) is 5.16 Å². The lowest BCUT2D eigenvalue weighted by atomic mass is 10.1. The first-order chi connectivity index (χ1) is 22.9. The highest BCUT2D eigenvalue weighted by Crippen LogP contribution is 2.40. The predicted octanol–water partition coefficient (Wildman–Crippen LogP) is 5.87. The van der Waals surface area contributed by atoms with Crippen LogP contribution in [0.3, 0.4) is 0 Å². The summed E-state index contributed by atoms with van der Waals surface area (Å²) in [5, 5.41) is 14.6. The number of piperazine rings is 1. The van der Waals surface area contributed by atoms with E-state index in [9.17, 15) is 0 Å². The van der Waals surface area contributed by atoms with Crippen molar-refractivity contribution in [3.63, 3.8) is 0 Å². The number of thioether (sulfide) groups is 1. The molecule has 7 rings (SSSR count). The second kappa shape index (κ2) is 13.7. The Labute approximate surface area is 287 Å². The number of aryl methyl sites for hydroxylation is 1. The Morgan fingerprint density at radius 3 is 2.23 bits per heavy atom. The van der Waals surface area contributed by atoms with E-state index in [-0.39, 0.29) is 12.6 Å². The summed E-state index contributed by atoms with van der Waals surface area (Å²) in [5.74, 6) is 0.502. The Kier molecular flexibility index (Phi) is 9.29. The summed E-state index contributed by atoms with van der Waals surface area (Å²) < 4.78 is 22.6. The Morgan fingerprint density at radius 2 is 1.60 bits per heavy atom. The van der Waals surface area contributed by atoms with Gasteiger partial charge in [0.2, 0.25) is 5.79 Å². The summed E-state index contributed by atoms with van der Waals surface area (Å²) >= 11 is 14.3. The van der Waals surface area contributed by atoms with Crippen LogP contribution in [0.4, 0.5) is 11.4 Å². The molecule has 2 aliphatic heterocycles. The van der Waals surface area contributed by atoms with Gasteiger partial charge in [0.25, 0.3) is 0 Å². The van der Waals surface area contributed by atoms with Crippen molar-refractivity contribution in [2.45, 2.75) is 30.5 Å². The molecule has 2 saturated heterocycles. The molecule has 47 heavy (non-hydrogen) atoms. The Balaban J connectivity index is 0.933. The highest BCUT2D eigenvalue weighted by Gasteiger charge is 2.45. The fourth-order valence-electron chi connectivity index (χ4n) is 6.03. The van der Waals surface area contributed by atoms with E-state index >= 15 is 0 Å². The summed E-state index contributed by atoms with van der Waals surface area (Å²) in [6, 6.07) is 22.1. The zero-order valence-corrected chi connectivity index (χ0v) is 28.3. The summed E-state index contributed by atoms with van der Waals surface area (Å²) in [5.41, 5.74) is 4.14. The zero-order chi connectivity index (χ0) is 32.4. The maximum atomic E-state index is 6.58. The van der Waals surface area contributed by atoms with Crippen LogP contribution < -0.4 is 14.5 Å². The van der Waals surface area contributed by atoms with Gasteiger partial charge in [-0.05, 0) is 73.8 Å². The molecule has 0 radical (unpaired) electrons. The quantitative estimate of drug-likeness (QED) is 0.165. The van der Waals surface area contributed by atoms with Gasteiger partial charge in [0.1, 0.15) is 43.5 Å². The third-order valence-electron chi connectivity index (χ3n) is 8.41. The van der Waals surface area contributed by atoms with E-state index in [4.69, 9.17) is 37.4 Å². The minimum atomic E-state index is -1.15. The molecule has 0 amide bonds. The minimum Gasteiger partial charge on any atom is -0.491 e. The number of rotatable bonds is 10. The molecule has 2 aromatic heterocycles. The van der Waals surface area contributed by atoms with Gasteiger partial charge in [-0.3, -0.25) is 4.57 Å². The lowest BCUT2D eigenvalue weighted by Crippen LogP contribution is -2.46. The fourth-order valence-corrected chi connectivity index (χ4v) is 7.13. The van der Waals surface area contributed by atoms with Gasteiger partial charge in [-0.1, -0.05) is 41.0 Å². The van der Waals surface area contributed by atoms with Crippen LogP contribution in [0.25, 0.3) is 5.69 Å². The molecule has 0 aliphatic carbocycles. The Morgan fingerprint density at radius 1 is 0.915 bits per heavy atom. The number of anilines is 2. The number of halogens is 2. The van der Waals surface area contributed by atoms with Crippen LogP contribution in [0.2, 0.25) is 10.0 Å². The molecule has 244 valence electrons. The molecule has 11 nitrogen and oxygen atoms in total. The molecular weight excluding hydrogens is 659 g/mol. The molecule has 0 spiro atoms. The van der Waals surface area contributed by atoms with Crippen molar-refractivity contribution in [3.8, 4) is 11.4 Å². The van der Waals surface area contributed by atoms with Crippen LogP contribution >= 0.6 is 35.0 Å². The molecule has 0 saturated carbocycles. The minimum absolute atomic E-state index is 0.278. The maximum Gasteiger partial charge on any atom is 0.217 e. The van der Waals surface area contributed by atoms with Crippen molar-refractivity contribution in [2.24, 2.45) is 0 Å². The van der Waals surface area contributed by atoms with Crippen molar-refractivity contribution in [1.29, 1.82) is 0 Å². The van der Waals surface area contributed by atoms with Gasteiger partial charge >= 0.3 is 0 Å². The molecule has 4 heterocycles. The lowest BCUT2D eigenvalue weighted by Gasteiger charge is -2.37. The average molecular weight is 694 g/mol. The van der Waals surface area contributed by atoms with E-state index in [1.165, 1.54) is 17.7 Å². The number of hydrogen-bond donors (Lipinski definition) is 0. The number of aromatic nitrogens is 6. The molecule has 2 fully saturated rings. The average Bonchev–Trinajstić information content (AvgIpc) is 3.85. The van der Waals surface area contributed by atoms with E-state index < -0.39 is 5.79 Å². The zero-order valence-electron chi connectivity index (χ0n) is 26.0. The number of hydrogen-bond acceptors (Lipinski definition) is 10. The van der Waals surface area contributed by atoms with Gasteiger partial charge in [-0.2, -0.15) is 5.10 Å². The summed E-state index contributed by atoms with van der Waals surface area (Å²) in [6.07, 6.45) is 4.78. The largest absolute Gasteiger partial charge is 0.491 e. The Hall–Kier alpha value is -3.81. The predicted molar refractivity (Wildman–Crippen MR) is 183 cm³/mol. The smallest absolute Gasteiger partial charge is 0.217 e. The van der Waals surface area contributed by atoms with Crippen molar-refractivity contribution in [2.75, 3.05) is 55.4 Å². The van der Waals surface area contributed by atoms with Crippen molar-refractivity contribution in [1.82, 2.24) is 29.5 Å². The second-order valence-corrected chi connectivity index (χ2v) is 13.0. The molecule has 2 atom stereocenters. The third kappa shape index (κ3) is 6.79. The van der Waals surface area contributed by atoms with E-state index in [1.54, 1.807) is 34.9 Å².